The minimum Gasteiger partial charge on any atom is -0.357 e. The Hall–Kier alpha value is -0.910. The third-order valence-corrected chi connectivity index (χ3v) is 12.7. The summed E-state index contributed by atoms with van der Waals surface area (Å²) in [5.74, 6) is 4.69. The molecule has 0 radical (unpaired) electrons. The molecule has 208 valence electrons. The zero-order chi connectivity index (χ0) is 26.2. The van der Waals surface area contributed by atoms with Crippen LogP contribution in [0.15, 0.2) is 11.6 Å². The van der Waals surface area contributed by atoms with E-state index in [0.717, 1.165) is 49.6 Å². The zero-order valence-corrected chi connectivity index (χ0v) is 24.4. The molecule has 6 rings (SSSR count). The van der Waals surface area contributed by atoms with Crippen LogP contribution in [-0.4, -0.2) is 55.9 Å². The average Bonchev–Trinajstić information content (AvgIpc) is 3.30. The van der Waals surface area contributed by atoms with Crippen molar-refractivity contribution in [1.29, 1.82) is 0 Å². The molecule has 11 atom stereocenters. The number of carbonyl (C=O) groups is 1. The van der Waals surface area contributed by atoms with E-state index in [1.807, 2.05) is 14.1 Å². The molecule has 2 aliphatic heterocycles. The zero-order valence-electron chi connectivity index (χ0n) is 24.4. The molecule has 4 aliphatic carbocycles. The number of carbonyl (C=O) groups excluding carboxylic acids is 1. The van der Waals surface area contributed by atoms with E-state index in [9.17, 15) is 4.79 Å². The fourth-order valence-electron chi connectivity index (χ4n) is 10.6. The van der Waals surface area contributed by atoms with Crippen LogP contribution in [0.5, 0.6) is 0 Å². The molecular weight excluding hydrogens is 458 g/mol. The smallest absolute Gasteiger partial charge is 0.221 e. The molecule has 0 aromatic carbocycles. The highest BCUT2D eigenvalue weighted by Crippen LogP contribution is 2.70. The molecule has 0 unspecified atom stereocenters. The van der Waals surface area contributed by atoms with E-state index in [1.54, 1.807) is 5.57 Å². The van der Waals surface area contributed by atoms with E-state index < -0.39 is 0 Å². The van der Waals surface area contributed by atoms with E-state index in [4.69, 9.17) is 4.74 Å². The lowest BCUT2D eigenvalue weighted by molar-refractivity contribution is -0.122. The summed E-state index contributed by atoms with van der Waals surface area (Å²) in [5.41, 5.74) is 2.33. The lowest BCUT2D eigenvalue weighted by atomic mass is 9.46. The van der Waals surface area contributed by atoms with Crippen LogP contribution in [0.25, 0.3) is 0 Å². The summed E-state index contributed by atoms with van der Waals surface area (Å²) in [4.78, 5) is 14.6. The van der Waals surface area contributed by atoms with Gasteiger partial charge < -0.3 is 15.0 Å². The molecule has 0 bridgehead atoms. The monoisotopic (exact) mass is 511 g/mol. The number of fused-ring (bicyclic) bond motifs is 7. The molecule has 5 heteroatoms. The molecule has 6 aliphatic rings. The minimum absolute atomic E-state index is 0.0619. The lowest BCUT2D eigenvalue weighted by Gasteiger charge is -2.58. The van der Waals surface area contributed by atoms with Gasteiger partial charge >= 0.3 is 0 Å². The standard InChI is InChI=1S/C32H53N3O2/c1-20-9-15-32(33-19-20)21(2)29-27(37-32)18-26-24-8-7-22-17-23(34-28(36)12-16-35(5)6)10-13-30(22,3)25(24)11-14-31(26,29)4/h7,20-21,23-27,29,33H,8-19H2,1-6H3,(H,34,36)/t20-,21+,23+,24-,25+,26+,27+,29+,30+,31+,32-/m1/s1. The van der Waals surface area contributed by atoms with Crippen LogP contribution in [0.2, 0.25) is 0 Å². The fourth-order valence-corrected chi connectivity index (χ4v) is 10.6. The molecule has 1 spiro atoms. The van der Waals surface area contributed by atoms with Gasteiger partial charge in [-0.2, -0.15) is 0 Å². The van der Waals surface area contributed by atoms with E-state index >= 15 is 0 Å². The second kappa shape index (κ2) is 9.34. The van der Waals surface area contributed by atoms with Crippen LogP contribution in [0, 0.1) is 46.3 Å². The number of hydrogen-bond donors (Lipinski definition) is 2. The van der Waals surface area contributed by atoms with Crippen molar-refractivity contribution in [3.8, 4) is 0 Å². The van der Waals surface area contributed by atoms with Crippen LogP contribution in [-0.2, 0) is 9.53 Å². The van der Waals surface area contributed by atoms with Crippen molar-refractivity contribution in [2.24, 2.45) is 46.3 Å². The van der Waals surface area contributed by atoms with Crippen molar-refractivity contribution in [1.82, 2.24) is 15.5 Å². The first kappa shape index (κ1) is 26.3. The normalized spacial score (nSPS) is 50.7. The summed E-state index contributed by atoms with van der Waals surface area (Å²) in [7, 11) is 4.07. The van der Waals surface area contributed by atoms with Crippen molar-refractivity contribution in [3.05, 3.63) is 11.6 Å². The second-order valence-corrected chi connectivity index (χ2v) is 15.0. The van der Waals surface area contributed by atoms with Crippen LogP contribution in [0.4, 0.5) is 0 Å². The topological polar surface area (TPSA) is 53.6 Å². The third kappa shape index (κ3) is 4.16. The molecule has 0 aromatic heterocycles. The highest BCUT2D eigenvalue weighted by Gasteiger charge is 2.68. The van der Waals surface area contributed by atoms with Gasteiger partial charge in [0.15, 0.2) is 0 Å². The number of allylic oxidation sites excluding steroid dienone is 1. The number of hydrogen-bond acceptors (Lipinski definition) is 4. The van der Waals surface area contributed by atoms with Gasteiger partial charge in [-0.15, -0.1) is 0 Å². The van der Waals surface area contributed by atoms with Gasteiger partial charge in [0.2, 0.25) is 5.91 Å². The number of nitrogens with zero attached hydrogens (tertiary/aromatic N) is 1. The first-order valence-electron chi connectivity index (χ1n) is 15.6. The molecule has 37 heavy (non-hydrogen) atoms. The van der Waals surface area contributed by atoms with Gasteiger partial charge in [-0.1, -0.05) is 39.3 Å². The molecule has 1 amide bonds. The molecule has 3 saturated carbocycles. The Morgan fingerprint density at radius 2 is 1.95 bits per heavy atom. The summed E-state index contributed by atoms with van der Waals surface area (Å²) < 4.78 is 7.06. The van der Waals surface area contributed by atoms with Crippen LogP contribution < -0.4 is 10.6 Å². The molecule has 0 aromatic rings. The Kier molecular flexibility index (Phi) is 6.64. The average molecular weight is 512 g/mol. The highest BCUT2D eigenvalue weighted by atomic mass is 16.5. The maximum Gasteiger partial charge on any atom is 0.221 e. The highest BCUT2D eigenvalue weighted by molar-refractivity contribution is 5.76. The summed E-state index contributed by atoms with van der Waals surface area (Å²) in [6, 6.07) is 0.321. The van der Waals surface area contributed by atoms with E-state index in [2.05, 4.69) is 49.3 Å². The summed E-state index contributed by atoms with van der Waals surface area (Å²) in [6.07, 6.45) is 14.8. The maximum absolute atomic E-state index is 12.5. The van der Waals surface area contributed by atoms with Crippen molar-refractivity contribution >= 4 is 5.91 Å². The van der Waals surface area contributed by atoms with Gasteiger partial charge in [0, 0.05) is 31.5 Å². The fraction of sp³-hybridized carbons (Fsp3) is 0.906. The maximum atomic E-state index is 12.5. The predicted molar refractivity (Wildman–Crippen MR) is 149 cm³/mol. The Labute approximate surface area is 225 Å². The predicted octanol–water partition coefficient (Wildman–Crippen LogP) is 5.36. The van der Waals surface area contributed by atoms with Crippen molar-refractivity contribution in [2.45, 2.75) is 110 Å². The number of nitrogens with one attached hydrogen (secondary N) is 2. The van der Waals surface area contributed by atoms with Crippen molar-refractivity contribution < 1.29 is 9.53 Å². The first-order valence-corrected chi connectivity index (χ1v) is 15.6. The first-order chi connectivity index (χ1) is 17.6. The molecule has 2 saturated heterocycles. The molecule has 2 heterocycles. The third-order valence-electron chi connectivity index (χ3n) is 12.7. The molecule has 2 N–H and O–H groups in total. The Morgan fingerprint density at radius 3 is 2.68 bits per heavy atom. The van der Waals surface area contributed by atoms with Gasteiger partial charge in [0.05, 0.1) is 6.10 Å². The van der Waals surface area contributed by atoms with Gasteiger partial charge in [-0.3, -0.25) is 10.1 Å². The Balaban J connectivity index is 1.16. The van der Waals surface area contributed by atoms with Gasteiger partial charge in [0.25, 0.3) is 0 Å². The number of rotatable bonds is 4. The Bertz CT molecular complexity index is 923. The van der Waals surface area contributed by atoms with Crippen LogP contribution in [0.3, 0.4) is 0 Å². The lowest BCUT2D eigenvalue weighted by Crippen LogP contribution is -2.57. The number of ether oxygens (including phenoxy) is 1. The van der Waals surface area contributed by atoms with Crippen LogP contribution in [0.1, 0.15) is 91.9 Å². The second-order valence-electron chi connectivity index (χ2n) is 15.0. The minimum atomic E-state index is -0.0619. The molecule has 5 fully saturated rings. The summed E-state index contributed by atoms with van der Waals surface area (Å²) >= 11 is 0. The summed E-state index contributed by atoms with van der Waals surface area (Å²) in [6.45, 7) is 12.1. The quantitative estimate of drug-likeness (QED) is 0.499. The van der Waals surface area contributed by atoms with Crippen LogP contribution >= 0.6 is 0 Å². The van der Waals surface area contributed by atoms with Gasteiger partial charge in [0.1, 0.15) is 5.72 Å². The molecule has 5 nitrogen and oxygen atoms in total. The number of amides is 1. The van der Waals surface area contributed by atoms with Gasteiger partial charge in [-0.05, 0) is 112 Å². The van der Waals surface area contributed by atoms with Crippen molar-refractivity contribution in [3.63, 3.8) is 0 Å². The Morgan fingerprint density at radius 1 is 1.14 bits per heavy atom. The molecular formula is C32H53N3O2. The van der Waals surface area contributed by atoms with E-state index in [0.29, 0.717) is 41.2 Å². The van der Waals surface area contributed by atoms with E-state index in [-0.39, 0.29) is 11.6 Å². The van der Waals surface area contributed by atoms with Crippen molar-refractivity contribution in [2.75, 3.05) is 27.2 Å². The van der Waals surface area contributed by atoms with E-state index in [1.165, 1.54) is 44.9 Å². The SMILES string of the molecule is C[C@@H]1CC[C@@]2(NC1)O[C@H]1C[C@H]3[C@@H]4CC=C5C[C@@H](NC(=O)CCN(C)C)CC[C@]5(C)[C@H]4CC[C@]3(C)[C@H]1[C@@H]2C. The largest absolute Gasteiger partial charge is 0.357 e. The number of piperidine rings is 1. The van der Waals surface area contributed by atoms with Gasteiger partial charge in [-0.25, -0.2) is 0 Å². The summed E-state index contributed by atoms with van der Waals surface area (Å²) in [5, 5.41) is 7.27.